The second kappa shape index (κ2) is 4.94. The van der Waals surface area contributed by atoms with Crippen LogP contribution < -0.4 is 11.1 Å². The van der Waals surface area contributed by atoms with E-state index in [0.717, 1.165) is 26.1 Å². The Kier molecular flexibility index (Phi) is 4.11. The van der Waals surface area contributed by atoms with Crippen molar-refractivity contribution in [2.75, 3.05) is 13.2 Å². The van der Waals surface area contributed by atoms with Crippen molar-refractivity contribution in [2.45, 2.75) is 45.7 Å². The molecule has 1 heterocycles. The number of nitrogens with one attached hydrogen (secondary N) is 1. The number of hydrogen-bond acceptors (Lipinski definition) is 3. The Bertz CT molecular complexity index is 217. The average Bonchev–Trinajstić information content (AvgIpc) is 2.16. The smallest absolute Gasteiger partial charge is 0.237 e. The normalized spacial score (nSPS) is 21.1. The Balaban J connectivity index is 2.40. The molecule has 0 aliphatic carbocycles. The molecule has 0 spiro atoms. The molecule has 3 N–H and O–H groups in total. The minimum Gasteiger partial charge on any atom is -0.381 e. The molecule has 88 valence electrons. The van der Waals surface area contributed by atoms with E-state index in [1.54, 1.807) is 0 Å². The van der Waals surface area contributed by atoms with Gasteiger partial charge in [-0.25, -0.2) is 0 Å². The summed E-state index contributed by atoms with van der Waals surface area (Å²) >= 11 is 0. The van der Waals surface area contributed by atoms with E-state index in [1.165, 1.54) is 0 Å². The average molecular weight is 214 g/mol. The molecule has 1 aliphatic heterocycles. The third-order valence-electron chi connectivity index (χ3n) is 2.78. The van der Waals surface area contributed by atoms with E-state index >= 15 is 0 Å². The van der Waals surface area contributed by atoms with Crippen molar-refractivity contribution in [3.63, 3.8) is 0 Å². The predicted octanol–water partition coefficient (Wildman–Crippen LogP) is 0.655. The number of carbonyl (C=O) groups is 1. The molecule has 1 aliphatic rings. The highest BCUT2D eigenvalue weighted by atomic mass is 16.5. The zero-order valence-corrected chi connectivity index (χ0v) is 9.88. The van der Waals surface area contributed by atoms with E-state index < -0.39 is 6.04 Å². The standard InChI is InChI=1S/C11H22N2O2/c1-11(2,3)9(12)10(14)13-8-4-6-15-7-5-8/h8-9H,4-7,12H2,1-3H3,(H,13,14)/t9-/m1/s1. The quantitative estimate of drug-likeness (QED) is 0.709. The summed E-state index contributed by atoms with van der Waals surface area (Å²) in [4.78, 5) is 11.8. The van der Waals surface area contributed by atoms with E-state index in [1.807, 2.05) is 20.8 Å². The fourth-order valence-electron chi connectivity index (χ4n) is 1.53. The van der Waals surface area contributed by atoms with Crippen LogP contribution in [-0.4, -0.2) is 31.2 Å². The van der Waals surface area contributed by atoms with Crippen molar-refractivity contribution < 1.29 is 9.53 Å². The zero-order valence-electron chi connectivity index (χ0n) is 9.88. The molecule has 1 amide bonds. The second-order valence-corrected chi connectivity index (χ2v) is 5.24. The molecular weight excluding hydrogens is 192 g/mol. The lowest BCUT2D eigenvalue weighted by molar-refractivity contribution is -0.125. The second-order valence-electron chi connectivity index (χ2n) is 5.24. The zero-order chi connectivity index (χ0) is 11.5. The molecule has 0 aromatic heterocycles. The Labute approximate surface area is 91.5 Å². The van der Waals surface area contributed by atoms with Gasteiger partial charge in [-0.15, -0.1) is 0 Å². The van der Waals surface area contributed by atoms with Crippen LogP contribution in [0.3, 0.4) is 0 Å². The fraction of sp³-hybridized carbons (Fsp3) is 0.909. The Morgan fingerprint density at radius 3 is 2.40 bits per heavy atom. The van der Waals surface area contributed by atoms with E-state index in [9.17, 15) is 4.79 Å². The number of ether oxygens (including phenoxy) is 1. The van der Waals surface area contributed by atoms with Gasteiger partial charge in [-0.1, -0.05) is 20.8 Å². The summed E-state index contributed by atoms with van der Waals surface area (Å²) in [6, 6.07) is -0.208. The Hall–Kier alpha value is -0.610. The lowest BCUT2D eigenvalue weighted by Crippen LogP contribution is -2.52. The lowest BCUT2D eigenvalue weighted by atomic mass is 9.86. The van der Waals surface area contributed by atoms with Gasteiger partial charge in [0.1, 0.15) is 0 Å². The molecule has 0 aromatic carbocycles. The van der Waals surface area contributed by atoms with Gasteiger partial charge in [0, 0.05) is 19.3 Å². The van der Waals surface area contributed by atoms with Gasteiger partial charge < -0.3 is 15.8 Å². The van der Waals surface area contributed by atoms with Crippen LogP contribution in [0.2, 0.25) is 0 Å². The molecule has 1 fully saturated rings. The maximum Gasteiger partial charge on any atom is 0.237 e. The van der Waals surface area contributed by atoms with Crippen LogP contribution in [0.4, 0.5) is 0 Å². The van der Waals surface area contributed by atoms with E-state index in [4.69, 9.17) is 10.5 Å². The van der Waals surface area contributed by atoms with Crippen LogP contribution >= 0.6 is 0 Å². The molecule has 1 atom stereocenters. The van der Waals surface area contributed by atoms with E-state index in [2.05, 4.69) is 5.32 Å². The molecule has 4 heteroatoms. The minimum atomic E-state index is -0.444. The predicted molar refractivity (Wildman–Crippen MR) is 59.4 cm³/mol. The maximum absolute atomic E-state index is 11.8. The molecular formula is C11H22N2O2. The Morgan fingerprint density at radius 2 is 1.93 bits per heavy atom. The van der Waals surface area contributed by atoms with Gasteiger partial charge in [0.15, 0.2) is 0 Å². The third kappa shape index (κ3) is 3.80. The van der Waals surface area contributed by atoms with Crippen LogP contribution in [0, 0.1) is 5.41 Å². The molecule has 0 bridgehead atoms. The van der Waals surface area contributed by atoms with Crippen LogP contribution in [0.1, 0.15) is 33.6 Å². The summed E-state index contributed by atoms with van der Waals surface area (Å²) in [6.45, 7) is 7.38. The van der Waals surface area contributed by atoms with Crippen molar-refractivity contribution >= 4 is 5.91 Å². The van der Waals surface area contributed by atoms with Gasteiger partial charge in [-0.05, 0) is 18.3 Å². The maximum atomic E-state index is 11.8. The summed E-state index contributed by atoms with van der Waals surface area (Å²) in [5.74, 6) is -0.0469. The molecule has 0 aromatic rings. The summed E-state index contributed by atoms with van der Waals surface area (Å²) in [6.07, 6.45) is 1.78. The summed E-state index contributed by atoms with van der Waals surface area (Å²) in [5, 5.41) is 2.98. The highest BCUT2D eigenvalue weighted by Crippen LogP contribution is 2.18. The van der Waals surface area contributed by atoms with Crippen LogP contribution in [0.25, 0.3) is 0 Å². The van der Waals surface area contributed by atoms with Crippen LogP contribution in [-0.2, 0) is 9.53 Å². The van der Waals surface area contributed by atoms with Gasteiger partial charge in [0.2, 0.25) is 5.91 Å². The monoisotopic (exact) mass is 214 g/mol. The topological polar surface area (TPSA) is 64.4 Å². The van der Waals surface area contributed by atoms with Crippen molar-refractivity contribution in [3.8, 4) is 0 Å². The first-order valence-electron chi connectivity index (χ1n) is 5.55. The summed E-state index contributed by atoms with van der Waals surface area (Å²) in [7, 11) is 0. The van der Waals surface area contributed by atoms with Gasteiger partial charge >= 0.3 is 0 Å². The number of nitrogens with two attached hydrogens (primary N) is 1. The Morgan fingerprint density at radius 1 is 1.40 bits per heavy atom. The molecule has 1 saturated heterocycles. The number of carbonyl (C=O) groups excluding carboxylic acids is 1. The third-order valence-corrected chi connectivity index (χ3v) is 2.78. The highest BCUT2D eigenvalue weighted by molar-refractivity contribution is 5.82. The molecule has 15 heavy (non-hydrogen) atoms. The van der Waals surface area contributed by atoms with Gasteiger partial charge in [0.05, 0.1) is 6.04 Å². The first-order valence-corrected chi connectivity index (χ1v) is 5.55. The molecule has 1 rings (SSSR count). The van der Waals surface area contributed by atoms with E-state index in [-0.39, 0.29) is 17.4 Å². The molecule has 0 saturated carbocycles. The number of rotatable bonds is 2. The van der Waals surface area contributed by atoms with E-state index in [0.29, 0.717) is 0 Å². The molecule has 4 nitrogen and oxygen atoms in total. The molecule has 0 radical (unpaired) electrons. The number of amides is 1. The van der Waals surface area contributed by atoms with Crippen molar-refractivity contribution in [2.24, 2.45) is 11.1 Å². The van der Waals surface area contributed by atoms with Crippen LogP contribution in [0.15, 0.2) is 0 Å². The molecule has 0 unspecified atom stereocenters. The van der Waals surface area contributed by atoms with Gasteiger partial charge in [0.25, 0.3) is 0 Å². The summed E-state index contributed by atoms with van der Waals surface area (Å²) < 4.78 is 5.23. The van der Waals surface area contributed by atoms with Crippen molar-refractivity contribution in [1.82, 2.24) is 5.32 Å². The first kappa shape index (κ1) is 12.5. The van der Waals surface area contributed by atoms with Crippen molar-refractivity contribution in [3.05, 3.63) is 0 Å². The minimum absolute atomic E-state index is 0.0469. The highest BCUT2D eigenvalue weighted by Gasteiger charge is 2.29. The van der Waals surface area contributed by atoms with Crippen molar-refractivity contribution in [1.29, 1.82) is 0 Å². The van der Waals surface area contributed by atoms with Gasteiger partial charge in [-0.3, -0.25) is 4.79 Å². The van der Waals surface area contributed by atoms with Gasteiger partial charge in [-0.2, -0.15) is 0 Å². The summed E-state index contributed by atoms with van der Waals surface area (Å²) in [5.41, 5.74) is 5.68. The van der Waals surface area contributed by atoms with Crippen LogP contribution in [0.5, 0.6) is 0 Å². The first-order chi connectivity index (χ1) is 6.91. The SMILES string of the molecule is CC(C)(C)[C@H](N)C(=O)NC1CCOCC1. The largest absolute Gasteiger partial charge is 0.381 e. The lowest BCUT2D eigenvalue weighted by Gasteiger charge is -2.29. The number of hydrogen-bond donors (Lipinski definition) is 2. The fourth-order valence-corrected chi connectivity index (χ4v) is 1.53.